The van der Waals surface area contributed by atoms with E-state index in [9.17, 15) is 4.79 Å². The van der Waals surface area contributed by atoms with Gasteiger partial charge in [-0.2, -0.15) is 0 Å². The average molecular weight is 291 g/mol. The van der Waals surface area contributed by atoms with E-state index in [1.54, 1.807) is 18.4 Å². The van der Waals surface area contributed by atoms with Gasteiger partial charge >= 0.3 is 0 Å². The molecule has 21 heavy (non-hydrogen) atoms. The van der Waals surface area contributed by atoms with E-state index in [2.05, 4.69) is 12.2 Å². The lowest BCUT2D eigenvalue weighted by Gasteiger charge is -2.03. The van der Waals surface area contributed by atoms with Crippen LogP contribution in [0.15, 0.2) is 28.9 Å². The zero-order valence-electron chi connectivity index (χ0n) is 13.3. The van der Waals surface area contributed by atoms with Crippen LogP contribution in [-0.2, 0) is 4.79 Å². The Bertz CT molecular complexity index is 382. The Morgan fingerprint density at radius 2 is 1.76 bits per heavy atom. The van der Waals surface area contributed by atoms with E-state index in [1.165, 1.54) is 57.4 Å². The van der Waals surface area contributed by atoms with Gasteiger partial charge in [-0.3, -0.25) is 4.79 Å². The summed E-state index contributed by atoms with van der Waals surface area (Å²) in [4.78, 5) is 11.5. The van der Waals surface area contributed by atoms with Crippen molar-refractivity contribution in [2.75, 3.05) is 6.54 Å². The van der Waals surface area contributed by atoms with Gasteiger partial charge in [-0.05, 0) is 24.6 Å². The predicted molar refractivity (Wildman–Crippen MR) is 88.0 cm³/mol. The molecule has 0 unspecified atom stereocenters. The van der Waals surface area contributed by atoms with E-state index in [0.29, 0.717) is 5.76 Å². The van der Waals surface area contributed by atoms with Gasteiger partial charge in [-0.1, -0.05) is 58.3 Å². The molecule has 3 heteroatoms. The number of rotatable bonds is 12. The van der Waals surface area contributed by atoms with Crippen molar-refractivity contribution in [1.29, 1.82) is 0 Å². The van der Waals surface area contributed by atoms with E-state index in [-0.39, 0.29) is 5.91 Å². The summed E-state index contributed by atoms with van der Waals surface area (Å²) in [6.07, 6.45) is 16.5. The highest BCUT2D eigenvalue weighted by molar-refractivity contribution is 5.91. The minimum atomic E-state index is -0.0500. The molecule has 0 aromatic carbocycles. The number of nitrogens with one attached hydrogen (secondary N) is 1. The smallest absolute Gasteiger partial charge is 0.244 e. The van der Waals surface area contributed by atoms with Gasteiger partial charge in [-0.25, -0.2) is 0 Å². The Balaban J connectivity index is 1.88. The fourth-order valence-corrected chi connectivity index (χ4v) is 2.25. The maximum atomic E-state index is 11.5. The first-order valence-electron chi connectivity index (χ1n) is 8.32. The third kappa shape index (κ3) is 9.94. The molecule has 1 N–H and O–H groups in total. The van der Waals surface area contributed by atoms with Gasteiger partial charge in [-0.15, -0.1) is 0 Å². The fourth-order valence-electron chi connectivity index (χ4n) is 2.25. The molecule has 0 radical (unpaired) electrons. The van der Waals surface area contributed by atoms with Crippen molar-refractivity contribution >= 4 is 12.0 Å². The number of carbonyl (C=O) groups is 1. The van der Waals surface area contributed by atoms with Crippen molar-refractivity contribution in [2.45, 2.75) is 64.7 Å². The minimum absolute atomic E-state index is 0.0500. The van der Waals surface area contributed by atoms with Crippen LogP contribution in [0.2, 0.25) is 0 Å². The summed E-state index contributed by atoms with van der Waals surface area (Å²) >= 11 is 0. The molecule has 0 spiro atoms. The summed E-state index contributed by atoms with van der Waals surface area (Å²) in [7, 11) is 0. The molecule has 0 bridgehead atoms. The lowest BCUT2D eigenvalue weighted by Crippen LogP contribution is -2.21. The molecule has 118 valence electrons. The predicted octanol–water partition coefficient (Wildman–Crippen LogP) is 4.94. The maximum Gasteiger partial charge on any atom is 0.244 e. The molecule has 1 aromatic heterocycles. The molecular weight excluding hydrogens is 262 g/mol. The molecule has 1 aromatic rings. The quantitative estimate of drug-likeness (QED) is 0.438. The van der Waals surface area contributed by atoms with Crippen molar-refractivity contribution in [1.82, 2.24) is 5.32 Å². The molecule has 0 aliphatic carbocycles. The van der Waals surface area contributed by atoms with E-state index >= 15 is 0 Å². The monoisotopic (exact) mass is 291 g/mol. The summed E-state index contributed by atoms with van der Waals surface area (Å²) in [6, 6.07) is 3.63. The summed E-state index contributed by atoms with van der Waals surface area (Å²) < 4.78 is 5.12. The summed E-state index contributed by atoms with van der Waals surface area (Å²) in [5, 5.41) is 2.90. The number of carbonyl (C=O) groups excluding carboxylic acids is 1. The van der Waals surface area contributed by atoms with Crippen molar-refractivity contribution in [2.24, 2.45) is 0 Å². The van der Waals surface area contributed by atoms with Crippen molar-refractivity contribution < 1.29 is 9.21 Å². The lowest BCUT2D eigenvalue weighted by atomic mass is 10.1. The topological polar surface area (TPSA) is 42.2 Å². The van der Waals surface area contributed by atoms with Crippen LogP contribution >= 0.6 is 0 Å². The van der Waals surface area contributed by atoms with Gasteiger partial charge in [0.05, 0.1) is 6.26 Å². The van der Waals surface area contributed by atoms with E-state index in [4.69, 9.17) is 4.42 Å². The Morgan fingerprint density at radius 3 is 2.38 bits per heavy atom. The summed E-state index contributed by atoms with van der Waals surface area (Å²) in [5.74, 6) is 0.652. The molecule has 0 fully saturated rings. The van der Waals surface area contributed by atoms with Gasteiger partial charge in [0.1, 0.15) is 5.76 Å². The molecule has 0 aliphatic rings. The third-order valence-electron chi connectivity index (χ3n) is 3.52. The molecule has 0 saturated heterocycles. The normalized spacial score (nSPS) is 11.1. The van der Waals surface area contributed by atoms with Crippen LogP contribution in [-0.4, -0.2) is 12.5 Å². The molecule has 3 nitrogen and oxygen atoms in total. The Morgan fingerprint density at radius 1 is 1.10 bits per heavy atom. The standard InChI is InChI=1S/C18H29NO2/c1-2-3-4-5-6-7-8-9-10-15-19-18(20)14-13-17-12-11-16-21-17/h11-14,16H,2-10,15H2,1H3,(H,19,20)/b14-13+. The van der Waals surface area contributed by atoms with Crippen molar-refractivity contribution in [3.8, 4) is 0 Å². The molecule has 1 heterocycles. The first-order valence-corrected chi connectivity index (χ1v) is 8.32. The zero-order chi connectivity index (χ0) is 15.2. The number of furan rings is 1. The van der Waals surface area contributed by atoms with Crippen LogP contribution in [0.3, 0.4) is 0 Å². The fraction of sp³-hybridized carbons (Fsp3) is 0.611. The number of amides is 1. The van der Waals surface area contributed by atoms with E-state index in [0.717, 1.165) is 13.0 Å². The van der Waals surface area contributed by atoms with Gasteiger partial charge in [0, 0.05) is 12.6 Å². The second kappa shape index (κ2) is 12.2. The SMILES string of the molecule is CCCCCCCCCCCNC(=O)/C=C/c1ccco1. The van der Waals surface area contributed by atoms with Crippen LogP contribution in [0.25, 0.3) is 6.08 Å². The third-order valence-corrected chi connectivity index (χ3v) is 3.52. The average Bonchev–Trinajstić information content (AvgIpc) is 3.00. The second-order valence-corrected chi connectivity index (χ2v) is 5.47. The van der Waals surface area contributed by atoms with Crippen LogP contribution in [0.4, 0.5) is 0 Å². The Labute approximate surface area is 128 Å². The Hall–Kier alpha value is -1.51. The molecule has 1 rings (SSSR count). The van der Waals surface area contributed by atoms with E-state index < -0.39 is 0 Å². The van der Waals surface area contributed by atoms with E-state index in [1.807, 2.05) is 6.07 Å². The maximum absolute atomic E-state index is 11.5. The number of unbranched alkanes of at least 4 members (excludes halogenated alkanes) is 8. The van der Waals surface area contributed by atoms with Gasteiger partial charge in [0.15, 0.2) is 0 Å². The largest absolute Gasteiger partial charge is 0.465 e. The first-order chi connectivity index (χ1) is 10.3. The van der Waals surface area contributed by atoms with Crippen LogP contribution in [0.5, 0.6) is 0 Å². The highest BCUT2D eigenvalue weighted by atomic mass is 16.3. The van der Waals surface area contributed by atoms with Crippen LogP contribution < -0.4 is 5.32 Å². The summed E-state index contributed by atoms with van der Waals surface area (Å²) in [6.45, 7) is 3.01. The molecule has 0 aliphatic heterocycles. The Kier molecular flexibility index (Phi) is 10.2. The molecular formula is C18H29NO2. The zero-order valence-corrected chi connectivity index (χ0v) is 13.3. The summed E-state index contributed by atoms with van der Waals surface area (Å²) in [5.41, 5.74) is 0. The number of hydrogen-bond donors (Lipinski definition) is 1. The molecule has 0 atom stereocenters. The molecule has 1 amide bonds. The number of hydrogen-bond acceptors (Lipinski definition) is 2. The molecule has 0 saturated carbocycles. The van der Waals surface area contributed by atoms with Crippen molar-refractivity contribution in [3.05, 3.63) is 30.2 Å². The van der Waals surface area contributed by atoms with Gasteiger partial charge in [0.2, 0.25) is 5.91 Å². The highest BCUT2D eigenvalue weighted by Crippen LogP contribution is 2.09. The van der Waals surface area contributed by atoms with Crippen molar-refractivity contribution in [3.63, 3.8) is 0 Å². The van der Waals surface area contributed by atoms with Gasteiger partial charge in [0.25, 0.3) is 0 Å². The minimum Gasteiger partial charge on any atom is -0.465 e. The lowest BCUT2D eigenvalue weighted by molar-refractivity contribution is -0.116. The van der Waals surface area contributed by atoms with Crippen LogP contribution in [0.1, 0.15) is 70.5 Å². The second-order valence-electron chi connectivity index (χ2n) is 5.47. The first kappa shape index (κ1) is 17.5. The highest BCUT2D eigenvalue weighted by Gasteiger charge is 1.96. The van der Waals surface area contributed by atoms with Gasteiger partial charge < -0.3 is 9.73 Å². The van der Waals surface area contributed by atoms with Crippen LogP contribution in [0, 0.1) is 0 Å².